The largest absolute Gasteiger partial charge is 0.380 e. The molecule has 9 heavy (non-hydrogen) atoms. The number of ether oxygens (including phenoxy) is 1. The van der Waals surface area contributed by atoms with Crippen LogP contribution in [0.25, 0.3) is 0 Å². The Morgan fingerprint density at radius 2 is 2.33 bits per heavy atom. The molecule has 0 aromatic rings. The lowest BCUT2D eigenvalue weighted by Crippen LogP contribution is -2.41. The maximum absolute atomic E-state index is 12.5. The number of methoxy groups -OCH3 is 1. The number of nitrogens with one attached hydrogen (secondary N) is 1. The third-order valence-corrected chi connectivity index (χ3v) is 1.59. The van der Waals surface area contributed by atoms with Crippen molar-refractivity contribution in [2.45, 2.75) is 18.7 Å². The topological polar surface area (TPSA) is 21.3 Å². The van der Waals surface area contributed by atoms with E-state index < -0.39 is 6.17 Å². The summed E-state index contributed by atoms with van der Waals surface area (Å²) in [6.45, 7) is 1.27. The van der Waals surface area contributed by atoms with Crippen LogP contribution in [0.4, 0.5) is 4.39 Å². The molecule has 3 heteroatoms. The highest BCUT2D eigenvalue weighted by molar-refractivity contribution is 4.75. The zero-order valence-corrected chi connectivity index (χ0v) is 5.56. The Morgan fingerprint density at radius 3 is 2.78 bits per heavy atom. The Kier molecular flexibility index (Phi) is 2.42. The minimum atomic E-state index is -0.719. The maximum atomic E-state index is 12.5. The maximum Gasteiger partial charge on any atom is 0.115 e. The van der Waals surface area contributed by atoms with Crippen molar-refractivity contribution in [3.8, 4) is 0 Å². The fourth-order valence-electron chi connectivity index (χ4n) is 1.03. The standard InChI is InChI=1S/C6H12FNO/c1-9-6-2-5(7)3-8-4-6/h5-6,8H,2-4H2,1H3/t5-,6-/m0/s1. The first-order valence-electron chi connectivity index (χ1n) is 3.20. The Morgan fingerprint density at radius 1 is 1.56 bits per heavy atom. The summed E-state index contributed by atoms with van der Waals surface area (Å²) in [5.74, 6) is 0. The molecule has 0 bridgehead atoms. The number of piperidine rings is 1. The van der Waals surface area contributed by atoms with E-state index in [1.165, 1.54) is 0 Å². The molecule has 1 aliphatic rings. The smallest absolute Gasteiger partial charge is 0.115 e. The zero-order chi connectivity index (χ0) is 6.69. The normalized spacial score (nSPS) is 36.7. The fraction of sp³-hybridized carbons (Fsp3) is 1.00. The molecule has 54 valence electrons. The van der Waals surface area contributed by atoms with Gasteiger partial charge in [-0.3, -0.25) is 0 Å². The van der Waals surface area contributed by atoms with Crippen molar-refractivity contribution in [2.75, 3.05) is 20.2 Å². The van der Waals surface area contributed by atoms with Gasteiger partial charge in [0, 0.05) is 26.6 Å². The molecule has 1 aliphatic heterocycles. The van der Waals surface area contributed by atoms with E-state index in [9.17, 15) is 4.39 Å². The molecular weight excluding hydrogens is 121 g/mol. The third kappa shape index (κ3) is 1.91. The molecule has 1 fully saturated rings. The monoisotopic (exact) mass is 133 g/mol. The highest BCUT2D eigenvalue weighted by Crippen LogP contribution is 2.08. The van der Waals surface area contributed by atoms with Gasteiger partial charge < -0.3 is 10.1 Å². The van der Waals surface area contributed by atoms with E-state index in [1.807, 2.05) is 0 Å². The lowest BCUT2D eigenvalue weighted by molar-refractivity contribution is 0.0514. The van der Waals surface area contributed by atoms with Crippen molar-refractivity contribution in [1.29, 1.82) is 0 Å². The Bertz CT molecular complexity index is 89.1. The van der Waals surface area contributed by atoms with E-state index in [0.717, 1.165) is 6.54 Å². The van der Waals surface area contributed by atoms with Gasteiger partial charge in [-0.2, -0.15) is 0 Å². The van der Waals surface area contributed by atoms with Crippen molar-refractivity contribution < 1.29 is 9.13 Å². The molecule has 1 saturated heterocycles. The van der Waals surface area contributed by atoms with Gasteiger partial charge in [-0.25, -0.2) is 4.39 Å². The molecule has 1 heterocycles. The minimum Gasteiger partial charge on any atom is -0.380 e. The molecular formula is C6H12FNO. The van der Waals surface area contributed by atoms with Crippen LogP contribution >= 0.6 is 0 Å². The number of rotatable bonds is 1. The van der Waals surface area contributed by atoms with Gasteiger partial charge in [-0.05, 0) is 0 Å². The molecule has 1 rings (SSSR count). The van der Waals surface area contributed by atoms with Gasteiger partial charge in [-0.1, -0.05) is 0 Å². The predicted octanol–water partition coefficient (Wildman–Crippen LogP) is 0.333. The predicted molar refractivity (Wildman–Crippen MR) is 33.2 cm³/mol. The summed E-state index contributed by atoms with van der Waals surface area (Å²) in [5, 5.41) is 2.94. The summed E-state index contributed by atoms with van der Waals surface area (Å²) in [5.41, 5.74) is 0. The first-order chi connectivity index (χ1) is 4.33. The quantitative estimate of drug-likeness (QED) is 0.556. The second kappa shape index (κ2) is 3.13. The second-order valence-corrected chi connectivity index (χ2v) is 2.35. The van der Waals surface area contributed by atoms with E-state index in [0.29, 0.717) is 13.0 Å². The minimum absolute atomic E-state index is 0.0775. The number of hydrogen-bond acceptors (Lipinski definition) is 2. The average molecular weight is 133 g/mol. The number of hydrogen-bond donors (Lipinski definition) is 1. The molecule has 0 aromatic carbocycles. The molecule has 0 spiro atoms. The fourth-order valence-corrected chi connectivity index (χ4v) is 1.03. The van der Waals surface area contributed by atoms with E-state index in [1.54, 1.807) is 7.11 Å². The van der Waals surface area contributed by atoms with E-state index >= 15 is 0 Å². The van der Waals surface area contributed by atoms with E-state index in [-0.39, 0.29) is 6.10 Å². The van der Waals surface area contributed by atoms with Gasteiger partial charge in [0.05, 0.1) is 6.10 Å². The molecule has 1 N–H and O–H groups in total. The van der Waals surface area contributed by atoms with E-state index in [4.69, 9.17) is 4.74 Å². The summed E-state index contributed by atoms with van der Waals surface area (Å²) >= 11 is 0. The lowest BCUT2D eigenvalue weighted by Gasteiger charge is -2.23. The van der Waals surface area contributed by atoms with Crippen LogP contribution in [-0.2, 0) is 4.74 Å². The van der Waals surface area contributed by atoms with Crippen LogP contribution in [0.3, 0.4) is 0 Å². The summed E-state index contributed by atoms with van der Waals surface area (Å²) < 4.78 is 17.4. The Balaban J connectivity index is 2.23. The van der Waals surface area contributed by atoms with Crippen LogP contribution in [-0.4, -0.2) is 32.5 Å². The highest BCUT2D eigenvalue weighted by Gasteiger charge is 2.19. The van der Waals surface area contributed by atoms with Crippen molar-refractivity contribution in [3.63, 3.8) is 0 Å². The van der Waals surface area contributed by atoms with Crippen molar-refractivity contribution in [3.05, 3.63) is 0 Å². The van der Waals surface area contributed by atoms with Crippen LogP contribution in [0, 0.1) is 0 Å². The van der Waals surface area contributed by atoms with Crippen LogP contribution in [0.5, 0.6) is 0 Å². The van der Waals surface area contributed by atoms with Crippen LogP contribution in [0.1, 0.15) is 6.42 Å². The first kappa shape index (κ1) is 6.96. The Hall–Kier alpha value is -0.150. The van der Waals surface area contributed by atoms with Crippen molar-refractivity contribution >= 4 is 0 Å². The molecule has 0 amide bonds. The zero-order valence-electron chi connectivity index (χ0n) is 5.56. The first-order valence-corrected chi connectivity index (χ1v) is 3.20. The van der Waals surface area contributed by atoms with Gasteiger partial charge in [0.2, 0.25) is 0 Å². The SMILES string of the molecule is CO[C@@H]1CNC[C@@H](F)C1. The molecule has 0 unspecified atom stereocenters. The summed E-state index contributed by atoms with van der Waals surface area (Å²) in [6, 6.07) is 0. The van der Waals surface area contributed by atoms with Crippen LogP contribution in [0.15, 0.2) is 0 Å². The highest BCUT2D eigenvalue weighted by atomic mass is 19.1. The molecule has 2 nitrogen and oxygen atoms in total. The third-order valence-electron chi connectivity index (χ3n) is 1.59. The Labute approximate surface area is 54.4 Å². The molecule has 2 atom stereocenters. The van der Waals surface area contributed by atoms with Gasteiger partial charge in [0.25, 0.3) is 0 Å². The van der Waals surface area contributed by atoms with Gasteiger partial charge in [-0.15, -0.1) is 0 Å². The summed E-state index contributed by atoms with van der Waals surface area (Å²) in [7, 11) is 1.62. The van der Waals surface area contributed by atoms with E-state index in [2.05, 4.69) is 5.32 Å². The average Bonchev–Trinajstić information content (AvgIpc) is 1.88. The molecule has 0 aromatic heterocycles. The molecule has 0 saturated carbocycles. The van der Waals surface area contributed by atoms with Crippen LogP contribution in [0.2, 0.25) is 0 Å². The summed E-state index contributed by atoms with van der Waals surface area (Å²) in [4.78, 5) is 0. The second-order valence-electron chi connectivity index (χ2n) is 2.35. The van der Waals surface area contributed by atoms with Gasteiger partial charge >= 0.3 is 0 Å². The molecule has 0 radical (unpaired) electrons. The van der Waals surface area contributed by atoms with Gasteiger partial charge in [0.15, 0.2) is 0 Å². The van der Waals surface area contributed by atoms with Crippen LogP contribution < -0.4 is 5.32 Å². The molecule has 0 aliphatic carbocycles. The van der Waals surface area contributed by atoms with Gasteiger partial charge in [0.1, 0.15) is 6.17 Å². The van der Waals surface area contributed by atoms with Crippen molar-refractivity contribution in [1.82, 2.24) is 5.32 Å². The number of alkyl halides is 1. The summed E-state index contributed by atoms with van der Waals surface area (Å²) in [6.07, 6.45) is -0.0961. The lowest BCUT2D eigenvalue weighted by atomic mass is 10.1. The van der Waals surface area contributed by atoms with Crippen molar-refractivity contribution in [2.24, 2.45) is 0 Å². The number of halogens is 1.